The Balaban J connectivity index is 0.000000845. The molecule has 2 aliphatic rings. The van der Waals surface area contributed by atoms with Gasteiger partial charge in [0.15, 0.2) is 0 Å². The molecular weight excluding hydrogens is 190 g/mol. The van der Waals surface area contributed by atoms with E-state index in [0.29, 0.717) is 0 Å². The van der Waals surface area contributed by atoms with Crippen LogP contribution in [0.5, 0.6) is 0 Å². The van der Waals surface area contributed by atoms with Gasteiger partial charge in [-0.05, 0) is 38.8 Å². The molecule has 1 heterocycles. The van der Waals surface area contributed by atoms with E-state index in [4.69, 9.17) is 5.11 Å². The molecule has 76 valence electrons. The van der Waals surface area contributed by atoms with E-state index in [-0.39, 0.29) is 17.8 Å². The van der Waals surface area contributed by atoms with E-state index < -0.39 is 5.97 Å². The van der Waals surface area contributed by atoms with Crippen LogP contribution in [0.3, 0.4) is 0 Å². The lowest BCUT2D eigenvalue weighted by Gasteiger charge is -2.19. The standard InChI is InChI=1S/C9H15NO2.ClH/c11-8(12)9(3-4-9)7-10-5-1-2-6-10;/h1-7H2,(H,11,12);1H. The molecule has 2 rings (SSSR count). The average Bonchev–Trinajstić information content (AvgIpc) is 2.60. The number of hydrogen-bond acceptors (Lipinski definition) is 2. The van der Waals surface area contributed by atoms with Crippen LogP contribution in [-0.4, -0.2) is 35.6 Å². The zero-order chi connectivity index (χ0) is 8.60. The molecule has 1 saturated carbocycles. The van der Waals surface area contributed by atoms with E-state index >= 15 is 0 Å². The van der Waals surface area contributed by atoms with Crippen LogP contribution in [0, 0.1) is 5.41 Å². The maximum absolute atomic E-state index is 10.8. The maximum Gasteiger partial charge on any atom is 0.310 e. The Kier molecular flexibility index (Phi) is 3.19. The van der Waals surface area contributed by atoms with E-state index in [1.807, 2.05) is 0 Å². The van der Waals surface area contributed by atoms with Crippen LogP contribution in [-0.2, 0) is 4.79 Å². The first kappa shape index (κ1) is 10.8. The van der Waals surface area contributed by atoms with Crippen LogP contribution in [0.1, 0.15) is 25.7 Å². The van der Waals surface area contributed by atoms with Gasteiger partial charge in [-0.15, -0.1) is 12.4 Å². The summed E-state index contributed by atoms with van der Waals surface area (Å²) in [5.41, 5.74) is -0.343. The average molecular weight is 206 g/mol. The summed E-state index contributed by atoms with van der Waals surface area (Å²) in [4.78, 5) is 13.1. The smallest absolute Gasteiger partial charge is 0.310 e. The van der Waals surface area contributed by atoms with Crippen molar-refractivity contribution in [3.63, 3.8) is 0 Å². The van der Waals surface area contributed by atoms with Crippen LogP contribution < -0.4 is 0 Å². The Labute approximate surface area is 84.5 Å². The fraction of sp³-hybridized carbons (Fsp3) is 0.889. The first-order valence-electron chi connectivity index (χ1n) is 4.69. The molecule has 0 aromatic rings. The normalized spacial score (nSPS) is 25.2. The lowest BCUT2D eigenvalue weighted by atomic mass is 10.1. The van der Waals surface area contributed by atoms with Gasteiger partial charge in [0.1, 0.15) is 0 Å². The Morgan fingerprint density at radius 1 is 1.31 bits per heavy atom. The number of carbonyl (C=O) groups is 1. The lowest BCUT2D eigenvalue weighted by Crippen LogP contribution is -2.32. The lowest BCUT2D eigenvalue weighted by molar-refractivity contribution is -0.144. The van der Waals surface area contributed by atoms with E-state index in [1.165, 1.54) is 12.8 Å². The molecule has 4 heteroatoms. The molecule has 1 aliphatic heterocycles. The fourth-order valence-electron chi connectivity index (χ4n) is 1.96. The molecular formula is C9H16ClNO2. The van der Waals surface area contributed by atoms with Gasteiger partial charge in [-0.1, -0.05) is 0 Å². The van der Waals surface area contributed by atoms with Crippen LogP contribution in [0.15, 0.2) is 0 Å². The second-order valence-electron chi connectivity index (χ2n) is 4.07. The third-order valence-corrected chi connectivity index (χ3v) is 3.03. The quantitative estimate of drug-likeness (QED) is 0.757. The van der Waals surface area contributed by atoms with Gasteiger partial charge >= 0.3 is 5.97 Å². The molecule has 0 spiro atoms. The number of rotatable bonds is 3. The number of carboxylic acid groups (broad SMARTS) is 1. The molecule has 1 N–H and O–H groups in total. The number of likely N-dealkylation sites (tertiary alicyclic amines) is 1. The largest absolute Gasteiger partial charge is 0.481 e. The Morgan fingerprint density at radius 2 is 1.85 bits per heavy atom. The summed E-state index contributed by atoms with van der Waals surface area (Å²) in [5, 5.41) is 8.94. The second-order valence-corrected chi connectivity index (χ2v) is 4.07. The molecule has 0 aromatic heterocycles. The van der Waals surface area contributed by atoms with Gasteiger partial charge in [-0.3, -0.25) is 4.79 Å². The number of carboxylic acids is 1. The first-order chi connectivity index (χ1) is 5.73. The first-order valence-corrected chi connectivity index (χ1v) is 4.69. The Morgan fingerprint density at radius 3 is 2.23 bits per heavy atom. The highest BCUT2D eigenvalue weighted by atomic mass is 35.5. The van der Waals surface area contributed by atoms with Gasteiger partial charge in [0.05, 0.1) is 5.41 Å². The zero-order valence-corrected chi connectivity index (χ0v) is 8.48. The molecule has 0 atom stereocenters. The fourth-order valence-corrected chi connectivity index (χ4v) is 1.96. The molecule has 0 radical (unpaired) electrons. The summed E-state index contributed by atoms with van der Waals surface area (Å²) in [6.45, 7) is 3.01. The predicted octanol–water partition coefficient (Wildman–Crippen LogP) is 1.37. The highest BCUT2D eigenvalue weighted by Gasteiger charge is 2.51. The third kappa shape index (κ3) is 2.15. The van der Waals surface area contributed by atoms with Crippen molar-refractivity contribution in [2.45, 2.75) is 25.7 Å². The van der Waals surface area contributed by atoms with Gasteiger partial charge in [-0.2, -0.15) is 0 Å². The van der Waals surface area contributed by atoms with Crippen LogP contribution >= 0.6 is 12.4 Å². The van der Waals surface area contributed by atoms with E-state index in [1.54, 1.807) is 0 Å². The molecule has 3 nitrogen and oxygen atoms in total. The van der Waals surface area contributed by atoms with E-state index in [9.17, 15) is 4.79 Å². The summed E-state index contributed by atoms with van der Waals surface area (Å²) in [5.74, 6) is -0.589. The molecule has 0 amide bonds. The van der Waals surface area contributed by atoms with Crippen molar-refractivity contribution >= 4 is 18.4 Å². The number of aliphatic carboxylic acids is 1. The minimum atomic E-state index is -0.589. The molecule has 0 bridgehead atoms. The van der Waals surface area contributed by atoms with Crippen LogP contribution in [0.4, 0.5) is 0 Å². The van der Waals surface area contributed by atoms with Gasteiger partial charge in [-0.25, -0.2) is 0 Å². The molecule has 1 saturated heterocycles. The number of nitrogens with zero attached hydrogens (tertiary/aromatic N) is 1. The third-order valence-electron chi connectivity index (χ3n) is 3.03. The van der Waals surface area contributed by atoms with E-state index in [2.05, 4.69) is 4.90 Å². The molecule has 1 aliphatic carbocycles. The van der Waals surface area contributed by atoms with Gasteiger partial charge in [0.25, 0.3) is 0 Å². The summed E-state index contributed by atoms with van der Waals surface area (Å²) in [7, 11) is 0. The summed E-state index contributed by atoms with van der Waals surface area (Å²) in [6.07, 6.45) is 4.27. The van der Waals surface area contributed by atoms with Crippen LogP contribution in [0.25, 0.3) is 0 Å². The van der Waals surface area contributed by atoms with Crippen molar-refractivity contribution in [2.75, 3.05) is 19.6 Å². The van der Waals surface area contributed by atoms with E-state index in [0.717, 1.165) is 32.5 Å². The highest BCUT2D eigenvalue weighted by molar-refractivity contribution is 5.85. The van der Waals surface area contributed by atoms with Gasteiger partial charge in [0, 0.05) is 6.54 Å². The monoisotopic (exact) mass is 205 g/mol. The summed E-state index contributed by atoms with van der Waals surface area (Å²) >= 11 is 0. The minimum absolute atomic E-state index is 0. The van der Waals surface area contributed by atoms with Gasteiger partial charge in [0.2, 0.25) is 0 Å². The summed E-state index contributed by atoms with van der Waals surface area (Å²) in [6, 6.07) is 0. The number of hydrogen-bond donors (Lipinski definition) is 1. The van der Waals surface area contributed by atoms with Crippen molar-refractivity contribution in [3.05, 3.63) is 0 Å². The van der Waals surface area contributed by atoms with Crippen molar-refractivity contribution in [1.82, 2.24) is 4.90 Å². The predicted molar refractivity (Wildman–Crippen MR) is 52.2 cm³/mol. The van der Waals surface area contributed by atoms with Crippen molar-refractivity contribution < 1.29 is 9.90 Å². The van der Waals surface area contributed by atoms with Crippen molar-refractivity contribution in [1.29, 1.82) is 0 Å². The molecule has 2 fully saturated rings. The Bertz CT molecular complexity index is 198. The second kappa shape index (κ2) is 3.84. The van der Waals surface area contributed by atoms with Crippen LogP contribution in [0.2, 0.25) is 0 Å². The SMILES string of the molecule is Cl.O=C(O)C1(CN2CCCC2)CC1. The number of halogens is 1. The maximum atomic E-state index is 10.8. The zero-order valence-electron chi connectivity index (χ0n) is 7.66. The van der Waals surface area contributed by atoms with Crippen molar-refractivity contribution in [3.8, 4) is 0 Å². The molecule has 0 aromatic carbocycles. The van der Waals surface area contributed by atoms with Gasteiger partial charge < -0.3 is 10.0 Å². The topological polar surface area (TPSA) is 40.5 Å². The molecule has 0 unspecified atom stereocenters. The Hall–Kier alpha value is -0.280. The molecule has 13 heavy (non-hydrogen) atoms. The minimum Gasteiger partial charge on any atom is -0.481 e. The van der Waals surface area contributed by atoms with Crippen molar-refractivity contribution in [2.24, 2.45) is 5.41 Å². The summed E-state index contributed by atoms with van der Waals surface area (Å²) < 4.78 is 0. The highest BCUT2D eigenvalue weighted by Crippen LogP contribution is 2.46.